The fourth-order valence-electron chi connectivity index (χ4n) is 3.38. The maximum atomic E-state index is 13.6. The normalized spacial score (nSPS) is 11.3. The predicted octanol–water partition coefficient (Wildman–Crippen LogP) is 3.41. The quantitative estimate of drug-likeness (QED) is 0.263. The molecule has 12 nitrogen and oxygen atoms in total. The summed E-state index contributed by atoms with van der Waals surface area (Å²) in [5, 5.41) is 23.6. The Kier molecular flexibility index (Phi) is 5.78. The fraction of sp³-hybridized carbons (Fsp3) is 0.211. The molecule has 4 aromatic rings. The van der Waals surface area contributed by atoms with Gasteiger partial charge in [-0.15, -0.1) is 16.4 Å². The predicted molar refractivity (Wildman–Crippen MR) is 118 cm³/mol. The average Bonchev–Trinajstić information content (AvgIpc) is 3.50. The van der Waals surface area contributed by atoms with Gasteiger partial charge < -0.3 is 21.2 Å². The number of fused-ring (bicyclic) bond motifs is 1. The molecule has 2 amide bonds. The SMILES string of the molecule is CCn1cc(-c2cc(C(F)F)nc3sc(C(N)=O)c(NC(=O)c4cc([N+](=O)[O-])[nH]n4)c23)c(C)n1. The summed E-state index contributed by atoms with van der Waals surface area (Å²) in [7, 11) is 0. The summed E-state index contributed by atoms with van der Waals surface area (Å²) in [6, 6.07) is 2.08. The first kappa shape index (κ1) is 22.9. The molecule has 4 heterocycles. The zero-order chi connectivity index (χ0) is 24.7. The topological polar surface area (TPSA) is 175 Å². The molecule has 4 N–H and O–H groups in total. The third-order valence-corrected chi connectivity index (χ3v) is 6.02. The number of aromatic amines is 1. The van der Waals surface area contributed by atoms with E-state index in [-0.39, 0.29) is 32.0 Å². The lowest BCUT2D eigenvalue weighted by molar-refractivity contribution is -0.389. The molecule has 0 saturated heterocycles. The minimum Gasteiger partial charge on any atom is -0.365 e. The monoisotopic (exact) mass is 490 g/mol. The van der Waals surface area contributed by atoms with Crippen molar-refractivity contribution in [3.63, 3.8) is 0 Å². The van der Waals surface area contributed by atoms with Crippen LogP contribution in [0.15, 0.2) is 18.3 Å². The molecule has 0 atom stereocenters. The highest BCUT2D eigenvalue weighted by atomic mass is 32.1. The number of carbonyl (C=O) groups is 2. The van der Waals surface area contributed by atoms with Crippen molar-refractivity contribution in [2.24, 2.45) is 5.73 Å². The Hall–Kier alpha value is -4.27. The third-order valence-electron chi connectivity index (χ3n) is 4.92. The molecule has 15 heteroatoms. The lowest BCUT2D eigenvalue weighted by atomic mass is 10.0. The molecule has 0 fully saturated rings. The highest BCUT2D eigenvalue weighted by Gasteiger charge is 2.27. The van der Waals surface area contributed by atoms with Crippen molar-refractivity contribution in [1.82, 2.24) is 25.0 Å². The van der Waals surface area contributed by atoms with E-state index in [4.69, 9.17) is 5.73 Å². The van der Waals surface area contributed by atoms with E-state index in [0.29, 0.717) is 17.8 Å². The minimum atomic E-state index is -2.90. The maximum Gasteiger partial charge on any atom is 0.343 e. The number of hydrogen-bond acceptors (Lipinski definition) is 8. The molecule has 34 heavy (non-hydrogen) atoms. The van der Waals surface area contributed by atoms with Gasteiger partial charge in [-0.25, -0.2) is 13.8 Å². The van der Waals surface area contributed by atoms with E-state index in [1.807, 2.05) is 6.92 Å². The van der Waals surface area contributed by atoms with Crippen molar-refractivity contribution in [2.45, 2.75) is 26.8 Å². The number of anilines is 1. The largest absolute Gasteiger partial charge is 0.365 e. The van der Waals surface area contributed by atoms with Gasteiger partial charge >= 0.3 is 5.82 Å². The van der Waals surface area contributed by atoms with Gasteiger partial charge in [0.2, 0.25) is 0 Å². The number of halogens is 2. The van der Waals surface area contributed by atoms with Gasteiger partial charge in [0.1, 0.15) is 15.4 Å². The Labute approximate surface area is 192 Å². The van der Waals surface area contributed by atoms with Gasteiger partial charge in [-0.3, -0.25) is 14.3 Å². The summed E-state index contributed by atoms with van der Waals surface area (Å²) in [4.78, 5) is 39.0. The Balaban J connectivity index is 1.95. The number of carbonyl (C=O) groups excluding carboxylic acids is 2. The Morgan fingerprint density at radius 2 is 2.09 bits per heavy atom. The van der Waals surface area contributed by atoms with Gasteiger partial charge in [-0.2, -0.15) is 5.10 Å². The van der Waals surface area contributed by atoms with E-state index in [2.05, 4.69) is 25.6 Å². The van der Waals surface area contributed by atoms with Gasteiger partial charge in [0.15, 0.2) is 5.69 Å². The van der Waals surface area contributed by atoms with E-state index in [1.54, 1.807) is 17.8 Å². The maximum absolute atomic E-state index is 13.6. The van der Waals surface area contributed by atoms with Gasteiger partial charge in [0, 0.05) is 23.7 Å². The van der Waals surface area contributed by atoms with Crippen LogP contribution in [0.4, 0.5) is 20.3 Å². The molecule has 4 aromatic heterocycles. The van der Waals surface area contributed by atoms with E-state index in [1.165, 1.54) is 6.07 Å². The highest BCUT2D eigenvalue weighted by Crippen LogP contribution is 2.43. The number of nitrogens with one attached hydrogen (secondary N) is 2. The number of hydrogen-bond donors (Lipinski definition) is 3. The van der Waals surface area contributed by atoms with Crippen LogP contribution >= 0.6 is 11.3 Å². The average molecular weight is 490 g/mol. The van der Waals surface area contributed by atoms with E-state index in [9.17, 15) is 28.5 Å². The number of H-pyrrole nitrogens is 1. The van der Waals surface area contributed by atoms with Crippen molar-refractivity contribution in [3.05, 3.63) is 50.4 Å². The second kappa shape index (κ2) is 8.58. The Morgan fingerprint density at radius 3 is 2.65 bits per heavy atom. The van der Waals surface area contributed by atoms with Gasteiger partial charge in [-0.05, 0) is 30.4 Å². The summed E-state index contributed by atoms with van der Waals surface area (Å²) in [6.45, 7) is 4.07. The van der Waals surface area contributed by atoms with Crippen LogP contribution in [0.3, 0.4) is 0 Å². The molecule has 0 radical (unpaired) electrons. The zero-order valence-electron chi connectivity index (χ0n) is 17.6. The Morgan fingerprint density at radius 1 is 1.35 bits per heavy atom. The number of aromatic nitrogens is 5. The molecule has 0 aromatic carbocycles. The molecular weight excluding hydrogens is 474 g/mol. The van der Waals surface area contributed by atoms with Crippen LogP contribution in [0, 0.1) is 17.0 Å². The standard InChI is InChI=1S/C19H16F2N8O4S/c1-3-28-6-9(7(2)27-28)8-4-10(16(20)21)23-19-13(8)14(15(34-19)17(22)30)24-18(31)11-5-12(26-25-11)29(32)33/h4-6,16H,3H2,1-2H3,(H2,22,30)(H,24,31)(H,25,26). The number of alkyl halides is 2. The summed E-state index contributed by atoms with van der Waals surface area (Å²) in [5.41, 5.74) is 5.88. The lowest BCUT2D eigenvalue weighted by Gasteiger charge is -2.09. The number of nitrogens with zero attached hydrogens (tertiary/aromatic N) is 5. The van der Waals surface area contributed by atoms with Crippen molar-refractivity contribution in [2.75, 3.05) is 5.32 Å². The van der Waals surface area contributed by atoms with Gasteiger partial charge in [0.05, 0.1) is 17.4 Å². The van der Waals surface area contributed by atoms with Crippen molar-refractivity contribution in [1.29, 1.82) is 0 Å². The second-order valence-electron chi connectivity index (χ2n) is 7.08. The zero-order valence-corrected chi connectivity index (χ0v) is 18.4. The number of rotatable bonds is 7. The Bertz CT molecular complexity index is 1460. The molecule has 0 aliphatic carbocycles. The summed E-state index contributed by atoms with van der Waals surface area (Å²) < 4.78 is 28.9. The van der Waals surface area contributed by atoms with Crippen LogP contribution < -0.4 is 11.1 Å². The molecule has 0 aliphatic rings. The van der Waals surface area contributed by atoms with Crippen LogP contribution in [0.2, 0.25) is 0 Å². The van der Waals surface area contributed by atoms with Crippen molar-refractivity contribution >= 4 is 44.9 Å². The van der Waals surface area contributed by atoms with E-state index < -0.39 is 34.7 Å². The van der Waals surface area contributed by atoms with Gasteiger partial charge in [0.25, 0.3) is 18.2 Å². The molecule has 0 unspecified atom stereocenters. The number of nitro groups is 1. The number of thiophene rings is 1. The minimum absolute atomic E-state index is 0.0496. The first-order valence-corrected chi connectivity index (χ1v) is 10.5. The molecule has 0 saturated carbocycles. The number of pyridine rings is 1. The van der Waals surface area contributed by atoms with Crippen molar-refractivity contribution in [3.8, 4) is 11.1 Å². The smallest absolute Gasteiger partial charge is 0.343 e. The summed E-state index contributed by atoms with van der Waals surface area (Å²) in [5.74, 6) is -2.31. The first-order valence-electron chi connectivity index (χ1n) is 9.71. The fourth-order valence-corrected chi connectivity index (χ4v) is 4.39. The highest BCUT2D eigenvalue weighted by molar-refractivity contribution is 7.21. The van der Waals surface area contributed by atoms with E-state index >= 15 is 0 Å². The third kappa shape index (κ3) is 3.96. The van der Waals surface area contributed by atoms with Crippen LogP contribution in [-0.4, -0.2) is 41.7 Å². The summed E-state index contributed by atoms with van der Waals surface area (Å²) >= 11 is 0.741. The lowest BCUT2D eigenvalue weighted by Crippen LogP contribution is -2.17. The number of primary amides is 1. The molecule has 0 bridgehead atoms. The first-order chi connectivity index (χ1) is 16.1. The number of nitrogens with two attached hydrogens (primary N) is 1. The van der Waals surface area contributed by atoms with E-state index in [0.717, 1.165) is 17.4 Å². The van der Waals surface area contributed by atoms with Crippen molar-refractivity contribution < 1.29 is 23.3 Å². The van der Waals surface area contributed by atoms with Crippen LogP contribution in [-0.2, 0) is 6.54 Å². The van der Waals surface area contributed by atoms with Gasteiger partial charge in [-0.1, -0.05) is 5.10 Å². The molecule has 176 valence electrons. The summed E-state index contributed by atoms with van der Waals surface area (Å²) in [6.07, 6.45) is -1.24. The number of amides is 2. The molecular formula is C19H16F2N8O4S. The number of aryl methyl sites for hydroxylation is 2. The van der Waals surface area contributed by atoms with Crippen LogP contribution in [0.1, 0.15) is 44.9 Å². The van der Waals surface area contributed by atoms with Crippen LogP contribution in [0.5, 0.6) is 0 Å². The molecule has 0 aliphatic heterocycles. The van der Waals surface area contributed by atoms with Crippen LogP contribution in [0.25, 0.3) is 21.3 Å². The molecule has 0 spiro atoms. The second-order valence-corrected chi connectivity index (χ2v) is 8.08. The molecule has 4 rings (SSSR count).